The molecular weight excluding hydrogens is 410 g/mol. The molecule has 0 radical (unpaired) electrons. The molecule has 7 heteroatoms. The first-order valence-electron chi connectivity index (χ1n) is 11.9. The Morgan fingerprint density at radius 1 is 1.06 bits per heavy atom. The Bertz CT molecular complexity index is 893. The van der Waals surface area contributed by atoms with E-state index >= 15 is 0 Å². The number of hydrogen-bond acceptors (Lipinski definition) is 6. The van der Waals surface area contributed by atoms with Gasteiger partial charge >= 0.3 is 11.9 Å². The Labute approximate surface area is 189 Å². The highest BCUT2D eigenvalue weighted by atomic mass is 16.6. The zero-order chi connectivity index (χ0) is 23.3. The summed E-state index contributed by atoms with van der Waals surface area (Å²) in [5.41, 5.74) is 0.999. The molecule has 3 saturated carbocycles. The van der Waals surface area contributed by atoms with Crippen molar-refractivity contribution in [2.75, 3.05) is 6.61 Å². The van der Waals surface area contributed by atoms with Gasteiger partial charge in [0.15, 0.2) is 11.4 Å². The third-order valence-corrected chi connectivity index (χ3v) is 9.35. The molecule has 0 aliphatic heterocycles. The van der Waals surface area contributed by atoms with Crippen molar-refractivity contribution in [3.8, 4) is 0 Å². The molecule has 0 saturated heterocycles. The van der Waals surface area contributed by atoms with Gasteiger partial charge in [-0.15, -0.1) is 0 Å². The van der Waals surface area contributed by atoms with Crippen LogP contribution in [0.25, 0.3) is 0 Å². The maximum atomic E-state index is 12.8. The monoisotopic (exact) mass is 445 g/mol. The number of carboxylic acid groups (broad SMARTS) is 1. The number of carboxylic acids is 1. The van der Waals surface area contributed by atoms with E-state index in [4.69, 9.17) is 14.7 Å². The van der Waals surface area contributed by atoms with Crippen LogP contribution in [0.2, 0.25) is 0 Å². The van der Waals surface area contributed by atoms with E-state index in [1.54, 1.807) is 6.92 Å². The lowest BCUT2D eigenvalue weighted by Gasteiger charge is -2.59. The average Bonchev–Trinajstić information content (AvgIpc) is 3.01. The number of ketones is 1. The van der Waals surface area contributed by atoms with Crippen molar-refractivity contribution < 1.29 is 29.1 Å². The highest BCUT2D eigenvalue weighted by molar-refractivity contribution is 5.96. The standard InChI is InChI=1S/C25H35NO6/c1-15(27)25(32-16(2)28)12-9-21-19-6-5-17-13-18(26-31-14-22(29)30)7-10-23(17,3)20(19)8-11-24(21,25)4/h13,19-21H,5-12,14H2,1-4H3,(H,29,30)/t19-,20-,21-,23+,24+,25+/m1/s1. The second-order valence-corrected chi connectivity index (χ2v) is 10.7. The van der Waals surface area contributed by atoms with E-state index < -0.39 is 18.2 Å². The van der Waals surface area contributed by atoms with Gasteiger partial charge in [0.1, 0.15) is 0 Å². The Balaban J connectivity index is 1.59. The van der Waals surface area contributed by atoms with Crippen LogP contribution in [0, 0.1) is 28.6 Å². The lowest BCUT2D eigenvalue weighted by Crippen LogP contribution is -2.58. The number of carbonyl (C=O) groups is 3. The van der Waals surface area contributed by atoms with Gasteiger partial charge in [-0.05, 0) is 87.5 Å². The molecule has 0 heterocycles. The van der Waals surface area contributed by atoms with Crippen LogP contribution in [0.4, 0.5) is 0 Å². The molecule has 0 spiro atoms. The first-order valence-corrected chi connectivity index (χ1v) is 11.9. The molecular formula is C25H35NO6. The maximum absolute atomic E-state index is 12.8. The number of fused-ring (bicyclic) bond motifs is 5. The number of ether oxygens (including phenoxy) is 1. The summed E-state index contributed by atoms with van der Waals surface area (Å²) in [6.45, 7) is 7.12. The number of allylic oxidation sites excluding steroid dienone is 2. The smallest absolute Gasteiger partial charge is 0.344 e. The zero-order valence-electron chi connectivity index (χ0n) is 19.6. The summed E-state index contributed by atoms with van der Waals surface area (Å²) in [5.74, 6) is 0.00154. The summed E-state index contributed by atoms with van der Waals surface area (Å²) < 4.78 is 5.84. The number of esters is 1. The minimum absolute atomic E-state index is 0.0152. The SMILES string of the molecule is CC(=O)O[C@]1(C(C)=O)CC[C@@H]2[C@@H]3CCC4=CC(=NOCC(=O)O)CC[C@]4(C)[C@@H]3CC[C@@]21C. The second-order valence-electron chi connectivity index (χ2n) is 10.7. The third-order valence-electron chi connectivity index (χ3n) is 9.35. The van der Waals surface area contributed by atoms with E-state index in [9.17, 15) is 14.4 Å². The highest BCUT2D eigenvalue weighted by Gasteiger charge is 2.67. The lowest BCUT2D eigenvalue weighted by molar-refractivity contribution is -0.187. The first kappa shape index (κ1) is 23.0. The summed E-state index contributed by atoms with van der Waals surface area (Å²) in [7, 11) is 0. The molecule has 0 unspecified atom stereocenters. The lowest BCUT2D eigenvalue weighted by atomic mass is 9.46. The molecule has 1 N–H and O–H groups in total. The number of oxime groups is 1. The Kier molecular flexibility index (Phi) is 5.74. The summed E-state index contributed by atoms with van der Waals surface area (Å²) >= 11 is 0. The van der Waals surface area contributed by atoms with Crippen LogP contribution in [0.1, 0.15) is 79.1 Å². The molecule has 0 aromatic heterocycles. The topological polar surface area (TPSA) is 102 Å². The van der Waals surface area contributed by atoms with E-state index in [-0.39, 0.29) is 22.6 Å². The zero-order valence-corrected chi connectivity index (χ0v) is 19.6. The molecule has 3 fully saturated rings. The van der Waals surface area contributed by atoms with Crippen molar-refractivity contribution in [2.24, 2.45) is 33.7 Å². The van der Waals surface area contributed by atoms with Gasteiger partial charge in [-0.25, -0.2) is 4.79 Å². The average molecular weight is 446 g/mol. The molecule has 4 aliphatic rings. The maximum Gasteiger partial charge on any atom is 0.344 e. The van der Waals surface area contributed by atoms with Crippen LogP contribution in [-0.2, 0) is 24.0 Å². The van der Waals surface area contributed by atoms with Gasteiger partial charge in [-0.3, -0.25) is 9.59 Å². The number of aliphatic carboxylic acids is 1. The second kappa shape index (κ2) is 7.99. The van der Waals surface area contributed by atoms with Crippen LogP contribution in [0.5, 0.6) is 0 Å². The number of nitrogens with zero attached hydrogens (tertiary/aromatic N) is 1. The highest BCUT2D eigenvalue weighted by Crippen LogP contribution is 2.68. The summed E-state index contributed by atoms with van der Waals surface area (Å²) in [4.78, 5) is 40.4. The fraction of sp³-hybridized carbons (Fsp3) is 0.760. The van der Waals surface area contributed by atoms with Crippen molar-refractivity contribution in [3.63, 3.8) is 0 Å². The third kappa shape index (κ3) is 3.39. The van der Waals surface area contributed by atoms with Gasteiger partial charge in [-0.2, -0.15) is 0 Å². The molecule has 0 aromatic rings. The molecule has 0 aromatic carbocycles. The fourth-order valence-corrected chi connectivity index (χ4v) is 7.87. The number of Topliss-reactive ketones (excluding diaryl/α,β-unsaturated/α-hetero) is 1. The van der Waals surface area contributed by atoms with Gasteiger partial charge in [0, 0.05) is 12.3 Å². The van der Waals surface area contributed by atoms with Crippen LogP contribution in [0.15, 0.2) is 16.8 Å². The van der Waals surface area contributed by atoms with Crippen molar-refractivity contribution in [2.45, 2.75) is 84.7 Å². The van der Waals surface area contributed by atoms with Gasteiger partial charge in [0.2, 0.25) is 6.61 Å². The number of carbonyl (C=O) groups excluding carboxylic acids is 2. The molecule has 4 aliphatic carbocycles. The minimum atomic E-state index is -1.03. The minimum Gasteiger partial charge on any atom is -0.479 e. The molecule has 0 bridgehead atoms. The molecule has 4 rings (SSSR count). The van der Waals surface area contributed by atoms with E-state index in [0.717, 1.165) is 50.7 Å². The summed E-state index contributed by atoms with van der Waals surface area (Å²) in [6.07, 6.45) is 9.37. The number of rotatable bonds is 5. The van der Waals surface area contributed by atoms with E-state index in [1.165, 1.54) is 12.5 Å². The predicted molar refractivity (Wildman–Crippen MR) is 118 cm³/mol. The number of hydrogen-bond donors (Lipinski definition) is 1. The quantitative estimate of drug-likeness (QED) is 0.500. The summed E-state index contributed by atoms with van der Waals surface area (Å²) in [6, 6.07) is 0. The van der Waals surface area contributed by atoms with Crippen molar-refractivity contribution in [1.82, 2.24) is 0 Å². The largest absolute Gasteiger partial charge is 0.479 e. The van der Waals surface area contributed by atoms with Crippen molar-refractivity contribution in [3.05, 3.63) is 11.6 Å². The van der Waals surface area contributed by atoms with Gasteiger partial charge in [0.05, 0.1) is 5.71 Å². The van der Waals surface area contributed by atoms with Crippen LogP contribution in [-0.4, -0.2) is 40.7 Å². The Hall–Kier alpha value is -2.18. The fourth-order valence-electron chi connectivity index (χ4n) is 7.87. The molecule has 7 nitrogen and oxygen atoms in total. The molecule has 6 atom stereocenters. The normalized spacial score (nSPS) is 41.7. The van der Waals surface area contributed by atoms with Gasteiger partial charge in [0.25, 0.3) is 0 Å². The van der Waals surface area contributed by atoms with Crippen molar-refractivity contribution >= 4 is 23.4 Å². The van der Waals surface area contributed by atoms with E-state index in [0.29, 0.717) is 24.2 Å². The van der Waals surface area contributed by atoms with Crippen LogP contribution >= 0.6 is 0 Å². The van der Waals surface area contributed by atoms with E-state index in [1.807, 2.05) is 0 Å². The Morgan fingerprint density at radius 3 is 2.44 bits per heavy atom. The molecule has 32 heavy (non-hydrogen) atoms. The Morgan fingerprint density at radius 2 is 1.78 bits per heavy atom. The van der Waals surface area contributed by atoms with Crippen LogP contribution in [0.3, 0.4) is 0 Å². The van der Waals surface area contributed by atoms with Crippen molar-refractivity contribution in [1.29, 1.82) is 0 Å². The van der Waals surface area contributed by atoms with Crippen LogP contribution < -0.4 is 0 Å². The van der Waals surface area contributed by atoms with Gasteiger partial charge < -0.3 is 14.7 Å². The van der Waals surface area contributed by atoms with E-state index in [2.05, 4.69) is 25.1 Å². The molecule has 176 valence electrons. The van der Waals surface area contributed by atoms with Gasteiger partial charge in [-0.1, -0.05) is 24.6 Å². The summed E-state index contributed by atoms with van der Waals surface area (Å²) in [5, 5.41) is 12.8. The first-order chi connectivity index (χ1) is 15.0. The molecule has 0 amide bonds. The predicted octanol–water partition coefficient (Wildman–Crippen LogP) is 4.30.